The highest BCUT2D eigenvalue weighted by Gasteiger charge is 2.43. The van der Waals surface area contributed by atoms with Crippen molar-refractivity contribution >= 4 is 40.7 Å². The van der Waals surface area contributed by atoms with Crippen LogP contribution in [0.2, 0.25) is 10.0 Å². The van der Waals surface area contributed by atoms with Crippen LogP contribution in [0.3, 0.4) is 0 Å². The smallest absolute Gasteiger partial charge is 0.336 e. The minimum atomic E-state index is -0.639. The molecule has 1 N–H and O–H groups in total. The highest BCUT2D eigenvalue weighted by Crippen LogP contribution is 2.48. The van der Waals surface area contributed by atoms with Crippen molar-refractivity contribution in [2.75, 3.05) is 6.61 Å². The topological polar surface area (TPSA) is 55.4 Å². The molecule has 4 nitrogen and oxygen atoms in total. The molecule has 1 unspecified atom stereocenters. The molecule has 1 atom stereocenters. The zero-order chi connectivity index (χ0) is 20.0. The van der Waals surface area contributed by atoms with Crippen LogP contribution in [-0.4, -0.2) is 18.4 Å². The Hall–Kier alpha value is -2.56. The molecule has 0 saturated heterocycles. The number of esters is 1. The van der Waals surface area contributed by atoms with Gasteiger partial charge in [-0.25, -0.2) is 4.79 Å². The lowest BCUT2D eigenvalue weighted by Crippen LogP contribution is -2.29. The van der Waals surface area contributed by atoms with Crippen LogP contribution in [0.5, 0.6) is 0 Å². The normalized spacial score (nSPS) is 18.0. The largest absolute Gasteiger partial charge is 0.463 e. The summed E-state index contributed by atoms with van der Waals surface area (Å²) in [6.45, 7) is 3.78. The Morgan fingerprint density at radius 3 is 2.54 bits per heavy atom. The standard InChI is InChI=1S/C22H17Cl2NO3/c1-3-28-22(27)17-11(2)25-20-13-6-4-5-7-14(13)21(26)19(20)18(17)15-9-8-12(23)10-16(15)24/h4-10,18,25H,3H2,1-2H3. The second-order valence-corrected chi connectivity index (χ2v) is 7.49. The molecule has 2 aromatic carbocycles. The second-order valence-electron chi connectivity index (χ2n) is 6.65. The van der Waals surface area contributed by atoms with Gasteiger partial charge in [0.05, 0.1) is 23.8 Å². The molecule has 0 bridgehead atoms. The third kappa shape index (κ3) is 2.84. The number of dihydropyridines is 1. The number of benzene rings is 2. The van der Waals surface area contributed by atoms with Crippen molar-refractivity contribution in [2.45, 2.75) is 19.8 Å². The number of Topliss-reactive ketones (excluding diaryl/α,β-unsaturated/α-hetero) is 1. The van der Waals surface area contributed by atoms with Crippen LogP contribution in [0.15, 0.2) is 59.3 Å². The van der Waals surface area contributed by atoms with Gasteiger partial charge in [0.1, 0.15) is 0 Å². The predicted octanol–water partition coefficient (Wildman–Crippen LogP) is 5.12. The number of fused-ring (bicyclic) bond motifs is 2. The molecule has 1 aliphatic heterocycles. The van der Waals surface area contributed by atoms with Gasteiger partial charge < -0.3 is 10.1 Å². The average Bonchev–Trinajstić information content (AvgIpc) is 2.94. The number of hydrogen-bond donors (Lipinski definition) is 1. The summed E-state index contributed by atoms with van der Waals surface area (Å²) in [5.74, 6) is -1.23. The summed E-state index contributed by atoms with van der Waals surface area (Å²) in [6.07, 6.45) is 0. The molecule has 1 aliphatic carbocycles. The first-order chi connectivity index (χ1) is 13.4. The van der Waals surface area contributed by atoms with E-state index in [4.69, 9.17) is 27.9 Å². The first-order valence-electron chi connectivity index (χ1n) is 8.92. The lowest BCUT2D eigenvalue weighted by atomic mass is 9.80. The van der Waals surface area contributed by atoms with Crippen molar-refractivity contribution in [3.63, 3.8) is 0 Å². The van der Waals surface area contributed by atoms with Crippen molar-refractivity contribution in [1.82, 2.24) is 5.32 Å². The maximum absolute atomic E-state index is 13.3. The van der Waals surface area contributed by atoms with Crippen LogP contribution >= 0.6 is 23.2 Å². The van der Waals surface area contributed by atoms with Gasteiger partial charge in [-0.2, -0.15) is 0 Å². The van der Waals surface area contributed by atoms with E-state index in [-0.39, 0.29) is 12.4 Å². The van der Waals surface area contributed by atoms with Crippen LogP contribution in [0.25, 0.3) is 5.70 Å². The molecule has 2 aliphatic rings. The fraction of sp³-hybridized carbons (Fsp3) is 0.182. The van der Waals surface area contributed by atoms with Gasteiger partial charge in [0.25, 0.3) is 0 Å². The minimum absolute atomic E-state index is 0.122. The molecule has 1 heterocycles. The number of rotatable bonds is 3. The van der Waals surface area contributed by atoms with Gasteiger partial charge in [0.15, 0.2) is 5.78 Å². The summed E-state index contributed by atoms with van der Waals surface area (Å²) in [5, 5.41) is 4.13. The lowest BCUT2D eigenvalue weighted by molar-refractivity contribution is -0.138. The molecule has 0 saturated carbocycles. The Kier molecular flexibility index (Phi) is 4.77. The van der Waals surface area contributed by atoms with E-state index >= 15 is 0 Å². The third-order valence-corrected chi connectivity index (χ3v) is 5.58. The fourth-order valence-electron chi connectivity index (χ4n) is 3.86. The van der Waals surface area contributed by atoms with Gasteiger partial charge in [-0.15, -0.1) is 0 Å². The van der Waals surface area contributed by atoms with E-state index in [0.717, 1.165) is 5.56 Å². The minimum Gasteiger partial charge on any atom is -0.463 e. The lowest BCUT2D eigenvalue weighted by Gasteiger charge is -2.29. The first kappa shape index (κ1) is 18.8. The summed E-state index contributed by atoms with van der Waals surface area (Å²) in [6, 6.07) is 12.5. The number of carbonyl (C=O) groups excluding carboxylic acids is 2. The van der Waals surface area contributed by atoms with Crippen molar-refractivity contribution < 1.29 is 14.3 Å². The maximum Gasteiger partial charge on any atom is 0.336 e. The van der Waals surface area contributed by atoms with Gasteiger partial charge in [-0.1, -0.05) is 53.5 Å². The molecule has 142 valence electrons. The summed E-state index contributed by atoms with van der Waals surface area (Å²) in [4.78, 5) is 26.1. The van der Waals surface area contributed by atoms with Crippen molar-refractivity contribution in [1.29, 1.82) is 0 Å². The summed E-state index contributed by atoms with van der Waals surface area (Å²) in [7, 11) is 0. The Morgan fingerprint density at radius 1 is 1.14 bits per heavy atom. The number of ether oxygens (including phenoxy) is 1. The highest BCUT2D eigenvalue weighted by atomic mass is 35.5. The number of carbonyl (C=O) groups is 2. The highest BCUT2D eigenvalue weighted by molar-refractivity contribution is 6.35. The monoisotopic (exact) mass is 413 g/mol. The summed E-state index contributed by atoms with van der Waals surface area (Å²) < 4.78 is 5.29. The number of allylic oxidation sites excluding steroid dienone is 2. The van der Waals surface area contributed by atoms with E-state index in [1.54, 1.807) is 38.1 Å². The number of halogens is 2. The SMILES string of the molecule is CCOC(=O)C1=C(C)NC2=C(C(=O)c3ccccc32)C1c1ccc(Cl)cc1Cl. The second kappa shape index (κ2) is 7.12. The Bertz CT molecular complexity index is 1080. The van der Waals surface area contributed by atoms with Crippen molar-refractivity contribution in [2.24, 2.45) is 0 Å². The fourth-order valence-corrected chi connectivity index (χ4v) is 4.37. The Labute approximate surface area is 172 Å². The molecule has 0 radical (unpaired) electrons. The maximum atomic E-state index is 13.3. The van der Waals surface area contributed by atoms with E-state index in [2.05, 4.69) is 5.32 Å². The van der Waals surface area contributed by atoms with E-state index in [1.165, 1.54) is 0 Å². The first-order valence-corrected chi connectivity index (χ1v) is 9.67. The zero-order valence-corrected chi connectivity index (χ0v) is 16.8. The van der Waals surface area contributed by atoms with E-state index in [1.807, 2.05) is 18.2 Å². The van der Waals surface area contributed by atoms with Crippen molar-refractivity contribution in [3.05, 3.63) is 86.0 Å². The van der Waals surface area contributed by atoms with E-state index in [0.29, 0.717) is 43.7 Å². The van der Waals surface area contributed by atoms with Gasteiger partial charge >= 0.3 is 5.97 Å². The van der Waals surface area contributed by atoms with Gasteiger partial charge in [0.2, 0.25) is 0 Å². The molecular formula is C22H17Cl2NO3. The Morgan fingerprint density at radius 2 is 1.86 bits per heavy atom. The van der Waals surface area contributed by atoms with Gasteiger partial charge in [-0.05, 0) is 31.5 Å². The molecule has 28 heavy (non-hydrogen) atoms. The predicted molar refractivity (Wildman–Crippen MR) is 109 cm³/mol. The van der Waals surface area contributed by atoms with E-state index in [9.17, 15) is 9.59 Å². The quantitative estimate of drug-likeness (QED) is 0.708. The number of nitrogens with one attached hydrogen (secondary N) is 1. The molecular weight excluding hydrogens is 397 g/mol. The molecule has 6 heteroatoms. The van der Waals surface area contributed by atoms with Gasteiger partial charge in [0, 0.05) is 32.4 Å². The molecule has 0 amide bonds. The number of ketones is 1. The summed E-state index contributed by atoms with van der Waals surface area (Å²) in [5.41, 5.74) is 4.29. The molecule has 0 fully saturated rings. The average molecular weight is 414 g/mol. The molecule has 2 aromatic rings. The van der Waals surface area contributed by atoms with Crippen molar-refractivity contribution in [3.8, 4) is 0 Å². The zero-order valence-electron chi connectivity index (χ0n) is 15.3. The van der Waals surface area contributed by atoms with Crippen LogP contribution in [0.4, 0.5) is 0 Å². The molecule has 0 spiro atoms. The van der Waals surface area contributed by atoms with Crippen LogP contribution < -0.4 is 5.32 Å². The Balaban J connectivity index is 1.96. The van der Waals surface area contributed by atoms with Crippen LogP contribution in [0.1, 0.15) is 41.3 Å². The van der Waals surface area contributed by atoms with Crippen LogP contribution in [-0.2, 0) is 9.53 Å². The van der Waals surface area contributed by atoms with Gasteiger partial charge in [-0.3, -0.25) is 4.79 Å². The van der Waals surface area contributed by atoms with E-state index < -0.39 is 11.9 Å². The molecule has 0 aromatic heterocycles. The third-order valence-electron chi connectivity index (χ3n) is 5.02. The number of hydrogen-bond acceptors (Lipinski definition) is 4. The van der Waals surface area contributed by atoms with Crippen LogP contribution in [0, 0.1) is 0 Å². The molecule has 4 rings (SSSR count). The summed E-state index contributed by atoms with van der Waals surface area (Å²) >= 11 is 12.6.